The molecule has 3 aromatic rings. The van der Waals surface area contributed by atoms with Crippen molar-refractivity contribution < 1.29 is 9.18 Å². The van der Waals surface area contributed by atoms with Gasteiger partial charge < -0.3 is 5.32 Å². The highest BCUT2D eigenvalue weighted by molar-refractivity contribution is 6.31. The summed E-state index contributed by atoms with van der Waals surface area (Å²) in [6.07, 6.45) is 0.663. The normalized spacial score (nSPS) is 10.8. The second-order valence-electron chi connectivity index (χ2n) is 6.75. The molecule has 0 saturated heterocycles. The Labute approximate surface area is 176 Å². The van der Waals surface area contributed by atoms with Crippen molar-refractivity contribution in [1.29, 1.82) is 0 Å². The van der Waals surface area contributed by atoms with Gasteiger partial charge in [0.25, 0.3) is 11.5 Å². The number of carbonyl (C=O) groups excluding carboxylic acids is 1. The number of carbonyl (C=O) groups is 1. The van der Waals surface area contributed by atoms with E-state index in [1.807, 2.05) is 6.92 Å². The average Bonchev–Trinajstić information content (AvgIpc) is 2.71. The number of halogens is 2. The number of hydrogen-bond acceptors (Lipinski definition) is 4. The molecule has 0 bridgehead atoms. The summed E-state index contributed by atoms with van der Waals surface area (Å²) in [5.74, 6) is -1.19. The molecule has 0 aliphatic carbocycles. The summed E-state index contributed by atoms with van der Waals surface area (Å²) in [6, 6.07) is 10.4. The summed E-state index contributed by atoms with van der Waals surface area (Å²) in [7, 11) is 0. The number of rotatable bonds is 6. The molecule has 0 saturated carbocycles. The number of amides is 1. The van der Waals surface area contributed by atoms with Crippen LogP contribution in [0.1, 0.15) is 35.0 Å². The molecular formula is C21H20ClFN4O3. The van der Waals surface area contributed by atoms with Crippen molar-refractivity contribution in [3.63, 3.8) is 0 Å². The van der Waals surface area contributed by atoms with Crippen molar-refractivity contribution in [3.05, 3.63) is 91.0 Å². The van der Waals surface area contributed by atoms with Gasteiger partial charge in [0, 0.05) is 11.6 Å². The predicted octanol–water partition coefficient (Wildman–Crippen LogP) is 2.68. The lowest BCUT2D eigenvalue weighted by Gasteiger charge is -2.13. The van der Waals surface area contributed by atoms with Crippen molar-refractivity contribution in [2.24, 2.45) is 0 Å². The van der Waals surface area contributed by atoms with Crippen molar-refractivity contribution in [1.82, 2.24) is 19.7 Å². The minimum absolute atomic E-state index is 0.217. The molecule has 3 rings (SSSR count). The van der Waals surface area contributed by atoms with Gasteiger partial charge in [-0.05, 0) is 48.7 Å². The Morgan fingerprint density at radius 2 is 1.97 bits per heavy atom. The van der Waals surface area contributed by atoms with Gasteiger partial charge in [0.1, 0.15) is 5.82 Å². The molecule has 1 heterocycles. The van der Waals surface area contributed by atoms with Crippen molar-refractivity contribution in [2.45, 2.75) is 26.8 Å². The maximum absolute atomic E-state index is 13.6. The standard InChI is InChI=1S/C21H20ClFN4O3/c1-3-9-24-19(28)18-20(29)26(12-14-5-4-6-15(23)10-14)21(30)27(25-18)16-8-7-13(2)17(22)11-16/h4-8,10-11H,3,9,12H2,1-2H3,(H,24,28). The molecule has 0 radical (unpaired) electrons. The van der Waals surface area contributed by atoms with E-state index in [2.05, 4.69) is 10.4 Å². The molecule has 0 aliphatic rings. The molecule has 30 heavy (non-hydrogen) atoms. The molecule has 7 nitrogen and oxygen atoms in total. The number of aryl methyl sites for hydroxylation is 1. The zero-order chi connectivity index (χ0) is 21.8. The first-order valence-electron chi connectivity index (χ1n) is 9.35. The highest BCUT2D eigenvalue weighted by Gasteiger charge is 2.20. The van der Waals surface area contributed by atoms with Gasteiger partial charge in [0.2, 0.25) is 5.69 Å². The second kappa shape index (κ2) is 9.04. The van der Waals surface area contributed by atoms with Crippen LogP contribution in [0.2, 0.25) is 5.02 Å². The Kier molecular flexibility index (Phi) is 6.47. The Morgan fingerprint density at radius 3 is 2.63 bits per heavy atom. The largest absolute Gasteiger partial charge is 0.352 e. The van der Waals surface area contributed by atoms with E-state index in [9.17, 15) is 18.8 Å². The molecule has 0 aliphatic heterocycles. The van der Waals surface area contributed by atoms with Gasteiger partial charge in [0.05, 0.1) is 12.2 Å². The van der Waals surface area contributed by atoms with E-state index < -0.39 is 28.7 Å². The molecule has 0 unspecified atom stereocenters. The summed E-state index contributed by atoms with van der Waals surface area (Å²) >= 11 is 6.17. The maximum atomic E-state index is 13.6. The Hall–Kier alpha value is -3.26. The van der Waals surface area contributed by atoms with E-state index >= 15 is 0 Å². The first kappa shape index (κ1) is 21.4. The topological polar surface area (TPSA) is 86.0 Å². The third-order valence-electron chi connectivity index (χ3n) is 4.44. The van der Waals surface area contributed by atoms with Gasteiger partial charge >= 0.3 is 5.69 Å². The molecule has 1 N–H and O–H groups in total. The average molecular weight is 431 g/mol. The van der Waals surface area contributed by atoms with Crippen molar-refractivity contribution in [2.75, 3.05) is 6.54 Å². The SMILES string of the molecule is CCCNC(=O)c1nn(-c2ccc(C)c(Cl)c2)c(=O)n(Cc2cccc(F)c2)c1=O. The maximum Gasteiger partial charge on any atom is 0.352 e. The number of aromatic nitrogens is 3. The fraction of sp³-hybridized carbons (Fsp3) is 0.238. The Morgan fingerprint density at radius 1 is 1.20 bits per heavy atom. The molecule has 0 fully saturated rings. The van der Waals surface area contributed by atoms with E-state index in [1.165, 1.54) is 24.3 Å². The van der Waals surface area contributed by atoms with Crippen molar-refractivity contribution >= 4 is 17.5 Å². The van der Waals surface area contributed by atoms with Crippen LogP contribution in [0.4, 0.5) is 4.39 Å². The lowest BCUT2D eigenvalue weighted by molar-refractivity contribution is 0.0944. The Bertz CT molecular complexity index is 1220. The van der Waals surface area contributed by atoms with Crippen LogP contribution in [0.5, 0.6) is 0 Å². The van der Waals surface area contributed by atoms with Crippen LogP contribution < -0.4 is 16.6 Å². The molecule has 1 amide bonds. The van der Waals surface area contributed by atoms with Gasteiger partial charge in [-0.15, -0.1) is 0 Å². The molecule has 0 spiro atoms. The minimum Gasteiger partial charge on any atom is -0.350 e. The van der Waals surface area contributed by atoms with Crippen LogP contribution in [-0.2, 0) is 6.54 Å². The van der Waals surface area contributed by atoms with E-state index in [0.717, 1.165) is 14.8 Å². The molecule has 1 aromatic heterocycles. The van der Waals surface area contributed by atoms with Crippen LogP contribution in [0.15, 0.2) is 52.1 Å². The summed E-state index contributed by atoms with van der Waals surface area (Å²) < 4.78 is 15.4. The predicted molar refractivity (Wildman–Crippen MR) is 112 cm³/mol. The first-order valence-corrected chi connectivity index (χ1v) is 9.73. The molecule has 0 atom stereocenters. The van der Waals surface area contributed by atoms with Gasteiger partial charge in [-0.1, -0.05) is 36.7 Å². The van der Waals surface area contributed by atoms with Crippen LogP contribution >= 0.6 is 11.6 Å². The summed E-state index contributed by atoms with van der Waals surface area (Å²) in [4.78, 5) is 38.5. The van der Waals surface area contributed by atoms with E-state index in [-0.39, 0.29) is 6.54 Å². The second-order valence-corrected chi connectivity index (χ2v) is 7.16. The van der Waals surface area contributed by atoms with Crippen LogP contribution in [0.3, 0.4) is 0 Å². The number of nitrogens with zero attached hydrogens (tertiary/aromatic N) is 3. The third kappa shape index (κ3) is 4.49. The van der Waals surface area contributed by atoms with Gasteiger partial charge in [0.15, 0.2) is 0 Å². The van der Waals surface area contributed by atoms with Crippen LogP contribution in [0, 0.1) is 12.7 Å². The lowest BCUT2D eigenvalue weighted by Crippen LogP contribution is -2.46. The monoisotopic (exact) mass is 430 g/mol. The fourth-order valence-electron chi connectivity index (χ4n) is 2.82. The van der Waals surface area contributed by atoms with E-state index in [1.54, 1.807) is 25.1 Å². The zero-order valence-corrected chi connectivity index (χ0v) is 17.2. The molecule has 2 aromatic carbocycles. The van der Waals surface area contributed by atoms with E-state index in [0.29, 0.717) is 29.2 Å². The summed E-state index contributed by atoms with van der Waals surface area (Å²) in [6.45, 7) is 3.80. The quantitative estimate of drug-likeness (QED) is 0.651. The first-order chi connectivity index (χ1) is 14.3. The summed E-state index contributed by atoms with van der Waals surface area (Å²) in [5, 5.41) is 7.01. The van der Waals surface area contributed by atoms with Gasteiger partial charge in [-0.2, -0.15) is 9.78 Å². The van der Waals surface area contributed by atoms with Crippen LogP contribution in [-0.4, -0.2) is 26.8 Å². The molecular weight excluding hydrogens is 411 g/mol. The summed E-state index contributed by atoms with van der Waals surface area (Å²) in [5.41, 5.74) is -0.566. The minimum atomic E-state index is -0.854. The van der Waals surface area contributed by atoms with E-state index in [4.69, 9.17) is 11.6 Å². The number of hydrogen-bond donors (Lipinski definition) is 1. The number of nitrogens with one attached hydrogen (secondary N) is 1. The Balaban J connectivity index is 2.21. The highest BCUT2D eigenvalue weighted by Crippen LogP contribution is 2.18. The molecule has 9 heteroatoms. The van der Waals surface area contributed by atoms with Gasteiger partial charge in [-0.25, -0.2) is 9.18 Å². The number of benzene rings is 2. The third-order valence-corrected chi connectivity index (χ3v) is 4.85. The van der Waals surface area contributed by atoms with Crippen LogP contribution in [0.25, 0.3) is 5.69 Å². The fourth-order valence-corrected chi connectivity index (χ4v) is 2.99. The highest BCUT2D eigenvalue weighted by atomic mass is 35.5. The lowest BCUT2D eigenvalue weighted by atomic mass is 10.2. The smallest absolute Gasteiger partial charge is 0.350 e. The van der Waals surface area contributed by atoms with Gasteiger partial charge in [-0.3, -0.25) is 14.2 Å². The molecule has 156 valence electrons. The zero-order valence-electron chi connectivity index (χ0n) is 16.5. The van der Waals surface area contributed by atoms with Crippen molar-refractivity contribution in [3.8, 4) is 5.69 Å².